The first-order valence-electron chi connectivity index (χ1n) is 5.81. The van der Waals surface area contributed by atoms with E-state index in [0.717, 1.165) is 3.57 Å². The van der Waals surface area contributed by atoms with Crippen LogP contribution in [-0.2, 0) is 14.6 Å². The molecule has 0 aliphatic carbocycles. The zero-order chi connectivity index (χ0) is 14.0. The number of hydrogen-bond donors (Lipinski definition) is 1. The maximum absolute atomic E-state index is 11.9. The van der Waals surface area contributed by atoms with Crippen molar-refractivity contribution in [3.63, 3.8) is 0 Å². The molecule has 1 aliphatic rings. The molecule has 0 bridgehead atoms. The number of benzene rings is 1. The normalized spacial score (nSPS) is 21.3. The van der Waals surface area contributed by atoms with Gasteiger partial charge in [0.1, 0.15) is 0 Å². The molecule has 1 aliphatic heterocycles. The number of hydrogen-bond acceptors (Lipinski definition) is 3. The molecule has 1 atom stereocenters. The summed E-state index contributed by atoms with van der Waals surface area (Å²) in [5.74, 6) is 0.0349. The molecular formula is C12H13ClINO3S. The van der Waals surface area contributed by atoms with Gasteiger partial charge >= 0.3 is 0 Å². The SMILES string of the molecule is O=C(CC1CCS(=O)(=O)C1)Nc1cc(I)ccc1Cl. The summed E-state index contributed by atoms with van der Waals surface area (Å²) in [5.41, 5.74) is 0.569. The third kappa shape index (κ3) is 4.32. The highest BCUT2D eigenvalue weighted by molar-refractivity contribution is 14.1. The third-order valence-corrected chi connectivity index (χ3v) is 5.84. The highest BCUT2D eigenvalue weighted by atomic mass is 127. The van der Waals surface area contributed by atoms with E-state index in [1.165, 1.54) is 0 Å². The molecule has 1 amide bonds. The van der Waals surface area contributed by atoms with E-state index in [2.05, 4.69) is 27.9 Å². The van der Waals surface area contributed by atoms with Crippen molar-refractivity contribution in [2.45, 2.75) is 12.8 Å². The molecule has 4 nitrogen and oxygen atoms in total. The van der Waals surface area contributed by atoms with Crippen LogP contribution in [0.15, 0.2) is 18.2 Å². The largest absolute Gasteiger partial charge is 0.325 e. The van der Waals surface area contributed by atoms with Gasteiger partial charge in [-0.1, -0.05) is 11.6 Å². The van der Waals surface area contributed by atoms with E-state index in [1.54, 1.807) is 12.1 Å². The van der Waals surface area contributed by atoms with Crippen LogP contribution in [0.4, 0.5) is 5.69 Å². The number of carbonyl (C=O) groups excluding carboxylic acids is 1. The molecule has 1 fully saturated rings. The maximum atomic E-state index is 11.9. The first kappa shape index (κ1) is 15.1. The van der Waals surface area contributed by atoms with Crippen LogP contribution in [0.5, 0.6) is 0 Å². The summed E-state index contributed by atoms with van der Waals surface area (Å²) in [5, 5.41) is 3.21. The lowest BCUT2D eigenvalue weighted by Crippen LogP contribution is -2.17. The van der Waals surface area contributed by atoms with Crippen molar-refractivity contribution >= 4 is 55.6 Å². The Morgan fingerprint density at radius 3 is 2.84 bits per heavy atom. The fourth-order valence-electron chi connectivity index (χ4n) is 2.09. The summed E-state index contributed by atoms with van der Waals surface area (Å²) in [6.07, 6.45) is 0.789. The van der Waals surface area contributed by atoms with E-state index in [1.807, 2.05) is 6.07 Å². The molecule has 0 saturated carbocycles. The third-order valence-electron chi connectivity index (χ3n) is 3.00. The summed E-state index contributed by atoms with van der Waals surface area (Å²) in [6.45, 7) is 0. The molecular weight excluding hydrogens is 401 g/mol. The minimum Gasteiger partial charge on any atom is -0.325 e. The van der Waals surface area contributed by atoms with Crippen molar-refractivity contribution in [1.82, 2.24) is 0 Å². The number of amides is 1. The van der Waals surface area contributed by atoms with E-state index in [-0.39, 0.29) is 29.8 Å². The lowest BCUT2D eigenvalue weighted by molar-refractivity contribution is -0.116. The average Bonchev–Trinajstić information content (AvgIpc) is 2.63. The van der Waals surface area contributed by atoms with Crippen molar-refractivity contribution in [3.05, 3.63) is 26.8 Å². The van der Waals surface area contributed by atoms with Crippen molar-refractivity contribution in [2.24, 2.45) is 5.92 Å². The number of rotatable bonds is 3. The van der Waals surface area contributed by atoms with E-state index < -0.39 is 9.84 Å². The van der Waals surface area contributed by atoms with E-state index >= 15 is 0 Å². The van der Waals surface area contributed by atoms with Crippen LogP contribution in [0.1, 0.15) is 12.8 Å². The summed E-state index contributed by atoms with van der Waals surface area (Å²) in [6, 6.07) is 5.35. The van der Waals surface area contributed by atoms with Crippen LogP contribution >= 0.6 is 34.2 Å². The summed E-state index contributed by atoms with van der Waals surface area (Å²) in [4.78, 5) is 11.9. The van der Waals surface area contributed by atoms with Crippen LogP contribution in [0.2, 0.25) is 5.02 Å². The van der Waals surface area contributed by atoms with Gasteiger partial charge in [0, 0.05) is 9.99 Å². The van der Waals surface area contributed by atoms with Crippen LogP contribution < -0.4 is 5.32 Å². The van der Waals surface area contributed by atoms with Crippen molar-refractivity contribution in [2.75, 3.05) is 16.8 Å². The number of carbonyl (C=O) groups is 1. The predicted molar refractivity (Wildman–Crippen MR) is 84.2 cm³/mol. The Morgan fingerprint density at radius 2 is 2.21 bits per heavy atom. The van der Waals surface area contributed by atoms with Crippen molar-refractivity contribution in [3.8, 4) is 0 Å². The molecule has 7 heteroatoms. The molecule has 1 aromatic rings. The second-order valence-electron chi connectivity index (χ2n) is 4.65. The van der Waals surface area contributed by atoms with Gasteiger partial charge in [-0.3, -0.25) is 4.79 Å². The fourth-order valence-corrected chi connectivity index (χ4v) is 4.61. The molecule has 0 radical (unpaired) electrons. The second kappa shape index (κ2) is 5.97. The Balaban J connectivity index is 1.97. The van der Waals surface area contributed by atoms with E-state index in [0.29, 0.717) is 17.1 Å². The van der Waals surface area contributed by atoms with Crippen LogP contribution in [0, 0.1) is 9.49 Å². The Morgan fingerprint density at radius 1 is 1.47 bits per heavy atom. The zero-order valence-corrected chi connectivity index (χ0v) is 13.8. The molecule has 2 rings (SSSR count). The minimum absolute atomic E-state index is 0.0773. The van der Waals surface area contributed by atoms with Gasteiger partial charge in [0.25, 0.3) is 0 Å². The van der Waals surface area contributed by atoms with Gasteiger partial charge in [-0.25, -0.2) is 8.42 Å². The van der Waals surface area contributed by atoms with Crippen molar-refractivity contribution < 1.29 is 13.2 Å². The quantitative estimate of drug-likeness (QED) is 0.775. The first-order valence-corrected chi connectivity index (χ1v) is 9.09. The Bertz CT molecular complexity index is 603. The number of nitrogens with one attached hydrogen (secondary N) is 1. The lowest BCUT2D eigenvalue weighted by Gasteiger charge is -2.10. The Hall–Kier alpha value is -0.340. The van der Waals surface area contributed by atoms with Crippen molar-refractivity contribution in [1.29, 1.82) is 0 Å². The average molecular weight is 414 g/mol. The number of halogens is 2. The molecule has 1 N–H and O–H groups in total. The van der Waals surface area contributed by atoms with Gasteiger partial charge in [0.2, 0.25) is 5.91 Å². The van der Waals surface area contributed by atoms with E-state index in [9.17, 15) is 13.2 Å². The molecule has 1 unspecified atom stereocenters. The topological polar surface area (TPSA) is 63.2 Å². The Labute approximate surface area is 131 Å². The number of anilines is 1. The van der Waals surface area contributed by atoms with Crippen LogP contribution in [-0.4, -0.2) is 25.8 Å². The molecule has 19 heavy (non-hydrogen) atoms. The standard InChI is InChI=1S/C12H13ClINO3S/c13-10-2-1-9(14)6-11(10)15-12(16)5-8-3-4-19(17,18)7-8/h1-2,6,8H,3-5,7H2,(H,15,16). The van der Waals surface area contributed by atoms with Crippen LogP contribution in [0.25, 0.3) is 0 Å². The molecule has 1 aromatic carbocycles. The summed E-state index contributed by atoms with van der Waals surface area (Å²) >= 11 is 8.12. The lowest BCUT2D eigenvalue weighted by atomic mass is 10.1. The van der Waals surface area contributed by atoms with Gasteiger partial charge in [-0.2, -0.15) is 0 Å². The highest BCUT2D eigenvalue weighted by Crippen LogP contribution is 2.26. The smallest absolute Gasteiger partial charge is 0.224 e. The van der Waals surface area contributed by atoms with Gasteiger partial charge in [0.15, 0.2) is 9.84 Å². The predicted octanol–water partition coefficient (Wildman–Crippen LogP) is 2.71. The van der Waals surface area contributed by atoms with Gasteiger partial charge in [-0.05, 0) is 53.1 Å². The molecule has 0 aromatic heterocycles. The highest BCUT2D eigenvalue weighted by Gasteiger charge is 2.29. The van der Waals surface area contributed by atoms with Gasteiger partial charge in [-0.15, -0.1) is 0 Å². The second-order valence-corrected chi connectivity index (χ2v) is 8.53. The summed E-state index contributed by atoms with van der Waals surface area (Å²) < 4.78 is 23.6. The molecule has 1 heterocycles. The first-order chi connectivity index (χ1) is 8.85. The molecule has 104 valence electrons. The minimum atomic E-state index is -2.94. The van der Waals surface area contributed by atoms with Gasteiger partial charge in [0.05, 0.1) is 22.2 Å². The molecule has 1 saturated heterocycles. The summed E-state index contributed by atoms with van der Waals surface area (Å²) in [7, 11) is -2.94. The molecule has 0 spiro atoms. The zero-order valence-electron chi connectivity index (χ0n) is 10.0. The fraction of sp³-hybridized carbons (Fsp3) is 0.417. The monoisotopic (exact) mass is 413 g/mol. The number of sulfone groups is 1. The van der Waals surface area contributed by atoms with E-state index in [4.69, 9.17) is 11.6 Å². The maximum Gasteiger partial charge on any atom is 0.224 e. The Kier molecular flexibility index (Phi) is 4.73. The van der Waals surface area contributed by atoms with Crippen LogP contribution in [0.3, 0.4) is 0 Å². The van der Waals surface area contributed by atoms with Gasteiger partial charge < -0.3 is 5.32 Å².